The number of nitrogens with two attached hydrogens (primary N) is 1. The quantitative estimate of drug-likeness (QED) is 0.895. The second-order valence-electron chi connectivity index (χ2n) is 4.48. The summed E-state index contributed by atoms with van der Waals surface area (Å²) in [6, 6.07) is 3.60. The predicted octanol–water partition coefficient (Wildman–Crippen LogP) is 1.85. The van der Waals surface area contributed by atoms with E-state index in [0.29, 0.717) is 16.7 Å². The molecule has 4 nitrogen and oxygen atoms in total. The van der Waals surface area contributed by atoms with Gasteiger partial charge in [-0.05, 0) is 40.9 Å². The molecule has 0 aromatic carbocycles. The van der Waals surface area contributed by atoms with Crippen molar-refractivity contribution in [1.29, 1.82) is 0 Å². The van der Waals surface area contributed by atoms with Crippen molar-refractivity contribution >= 4 is 21.8 Å². The van der Waals surface area contributed by atoms with Crippen molar-refractivity contribution in [3.05, 3.63) is 28.5 Å². The van der Waals surface area contributed by atoms with E-state index in [9.17, 15) is 4.79 Å². The summed E-state index contributed by atoms with van der Waals surface area (Å²) in [6.07, 6.45) is 5.78. The maximum absolute atomic E-state index is 12.1. The lowest BCUT2D eigenvalue weighted by Gasteiger charge is -2.28. The summed E-state index contributed by atoms with van der Waals surface area (Å²) in [5.74, 6) is -0.148. The molecule has 1 aliphatic carbocycles. The first-order valence-electron chi connectivity index (χ1n) is 5.80. The molecule has 0 spiro atoms. The highest BCUT2D eigenvalue weighted by molar-refractivity contribution is 9.10. The Morgan fingerprint density at radius 2 is 2.24 bits per heavy atom. The van der Waals surface area contributed by atoms with Gasteiger partial charge >= 0.3 is 0 Å². The van der Waals surface area contributed by atoms with E-state index in [1.54, 1.807) is 12.3 Å². The van der Waals surface area contributed by atoms with Gasteiger partial charge in [-0.3, -0.25) is 4.79 Å². The van der Waals surface area contributed by atoms with E-state index in [0.717, 1.165) is 25.7 Å². The molecule has 0 radical (unpaired) electrons. The van der Waals surface area contributed by atoms with Crippen LogP contribution in [0.5, 0.6) is 0 Å². The maximum Gasteiger partial charge on any atom is 0.271 e. The molecule has 0 atom stereocenters. The molecule has 1 aliphatic rings. The molecule has 0 saturated heterocycles. The lowest BCUT2D eigenvalue weighted by atomic mass is 9.97. The molecule has 0 unspecified atom stereocenters. The normalized spacial score (nSPS) is 18.0. The van der Waals surface area contributed by atoms with Crippen LogP contribution in [0.15, 0.2) is 22.8 Å². The van der Waals surface area contributed by atoms with E-state index in [4.69, 9.17) is 5.73 Å². The first kappa shape index (κ1) is 12.5. The van der Waals surface area contributed by atoms with Crippen LogP contribution in [-0.2, 0) is 0 Å². The zero-order valence-corrected chi connectivity index (χ0v) is 11.2. The zero-order valence-electron chi connectivity index (χ0n) is 9.58. The third kappa shape index (κ3) is 2.66. The monoisotopic (exact) mass is 297 g/mol. The van der Waals surface area contributed by atoms with Gasteiger partial charge in [0.1, 0.15) is 5.69 Å². The van der Waals surface area contributed by atoms with Crippen molar-refractivity contribution in [2.24, 2.45) is 5.73 Å². The number of carbonyl (C=O) groups is 1. The fourth-order valence-corrected chi connectivity index (χ4v) is 2.72. The van der Waals surface area contributed by atoms with Gasteiger partial charge in [0.2, 0.25) is 0 Å². The van der Waals surface area contributed by atoms with Crippen LogP contribution in [0, 0.1) is 0 Å². The Kier molecular flexibility index (Phi) is 3.79. The minimum Gasteiger partial charge on any atom is -0.344 e. The fourth-order valence-electron chi connectivity index (χ4n) is 2.28. The van der Waals surface area contributed by atoms with Crippen LogP contribution in [0.2, 0.25) is 0 Å². The molecule has 0 aliphatic heterocycles. The summed E-state index contributed by atoms with van der Waals surface area (Å²) in [6.45, 7) is 0.489. The Morgan fingerprint density at radius 3 is 2.82 bits per heavy atom. The third-order valence-corrected chi connectivity index (χ3v) is 3.94. The molecular weight excluding hydrogens is 282 g/mol. The second-order valence-corrected chi connectivity index (χ2v) is 5.33. The molecule has 2 rings (SSSR count). The summed E-state index contributed by atoms with van der Waals surface area (Å²) < 4.78 is 0.711. The molecule has 92 valence electrons. The standard InChI is InChI=1S/C12H16BrN3O/c13-9-4-3-7-15-10(9)11(17)16-12(8-14)5-1-2-6-12/h3-4,7H,1-2,5-6,8,14H2,(H,16,17). The number of aromatic nitrogens is 1. The van der Waals surface area contributed by atoms with Crippen LogP contribution in [0.4, 0.5) is 0 Å². The van der Waals surface area contributed by atoms with Crippen LogP contribution in [0.25, 0.3) is 0 Å². The number of rotatable bonds is 3. The second kappa shape index (κ2) is 5.14. The average molecular weight is 298 g/mol. The van der Waals surface area contributed by atoms with Crippen LogP contribution in [-0.4, -0.2) is 23.0 Å². The number of hydrogen-bond acceptors (Lipinski definition) is 3. The number of halogens is 1. The van der Waals surface area contributed by atoms with Crippen LogP contribution < -0.4 is 11.1 Å². The fraction of sp³-hybridized carbons (Fsp3) is 0.500. The molecule has 1 aromatic rings. The number of nitrogens with one attached hydrogen (secondary N) is 1. The first-order valence-corrected chi connectivity index (χ1v) is 6.59. The number of amides is 1. The number of nitrogens with zero attached hydrogens (tertiary/aromatic N) is 1. The van der Waals surface area contributed by atoms with E-state index < -0.39 is 0 Å². The van der Waals surface area contributed by atoms with Crippen molar-refractivity contribution in [3.8, 4) is 0 Å². The summed E-state index contributed by atoms with van der Waals surface area (Å²) in [5.41, 5.74) is 5.98. The van der Waals surface area contributed by atoms with Gasteiger partial charge in [-0.1, -0.05) is 12.8 Å². The number of carbonyl (C=O) groups excluding carboxylic acids is 1. The number of hydrogen-bond donors (Lipinski definition) is 2. The molecule has 1 amide bonds. The Labute approximate surface area is 109 Å². The van der Waals surface area contributed by atoms with Crippen molar-refractivity contribution in [2.75, 3.05) is 6.54 Å². The summed E-state index contributed by atoms with van der Waals surface area (Å²) in [4.78, 5) is 16.2. The van der Waals surface area contributed by atoms with Gasteiger partial charge in [0.25, 0.3) is 5.91 Å². The van der Waals surface area contributed by atoms with Gasteiger partial charge in [0.15, 0.2) is 0 Å². The Balaban J connectivity index is 2.14. The molecule has 17 heavy (non-hydrogen) atoms. The molecule has 1 saturated carbocycles. The number of pyridine rings is 1. The molecule has 1 heterocycles. The lowest BCUT2D eigenvalue weighted by molar-refractivity contribution is 0.0897. The highest BCUT2D eigenvalue weighted by atomic mass is 79.9. The van der Waals surface area contributed by atoms with Crippen LogP contribution >= 0.6 is 15.9 Å². The largest absolute Gasteiger partial charge is 0.344 e. The van der Waals surface area contributed by atoms with Crippen molar-refractivity contribution < 1.29 is 4.79 Å². The molecule has 1 aromatic heterocycles. The lowest BCUT2D eigenvalue weighted by Crippen LogP contribution is -2.51. The Morgan fingerprint density at radius 1 is 1.53 bits per heavy atom. The topological polar surface area (TPSA) is 68.0 Å². The van der Waals surface area contributed by atoms with Crippen molar-refractivity contribution in [2.45, 2.75) is 31.2 Å². The SMILES string of the molecule is NCC1(NC(=O)c2ncccc2Br)CCCC1. The van der Waals surface area contributed by atoms with Gasteiger partial charge in [-0.2, -0.15) is 0 Å². The van der Waals surface area contributed by atoms with E-state index in [1.807, 2.05) is 6.07 Å². The van der Waals surface area contributed by atoms with Gasteiger partial charge in [-0.15, -0.1) is 0 Å². The Bertz CT molecular complexity index is 416. The summed E-state index contributed by atoms with van der Waals surface area (Å²) >= 11 is 3.33. The maximum atomic E-state index is 12.1. The predicted molar refractivity (Wildman–Crippen MR) is 69.7 cm³/mol. The summed E-state index contributed by atoms with van der Waals surface area (Å²) in [5, 5.41) is 3.04. The van der Waals surface area contributed by atoms with E-state index >= 15 is 0 Å². The highest BCUT2D eigenvalue weighted by Crippen LogP contribution is 2.29. The molecule has 5 heteroatoms. The van der Waals surface area contributed by atoms with Crippen LogP contribution in [0.3, 0.4) is 0 Å². The van der Waals surface area contributed by atoms with Crippen molar-refractivity contribution in [1.82, 2.24) is 10.3 Å². The average Bonchev–Trinajstić information content (AvgIpc) is 2.79. The Hall–Kier alpha value is -0.940. The van der Waals surface area contributed by atoms with Gasteiger partial charge in [0.05, 0.1) is 5.54 Å². The minimum absolute atomic E-state index is 0.148. The molecule has 1 fully saturated rings. The third-order valence-electron chi connectivity index (χ3n) is 3.30. The molecular formula is C12H16BrN3O. The highest BCUT2D eigenvalue weighted by Gasteiger charge is 2.34. The van der Waals surface area contributed by atoms with Crippen molar-refractivity contribution in [3.63, 3.8) is 0 Å². The van der Waals surface area contributed by atoms with E-state index in [2.05, 4.69) is 26.2 Å². The van der Waals surface area contributed by atoms with Gasteiger partial charge < -0.3 is 11.1 Å². The first-order chi connectivity index (χ1) is 8.17. The van der Waals surface area contributed by atoms with E-state index in [1.165, 1.54) is 0 Å². The molecule has 3 N–H and O–H groups in total. The zero-order chi connectivity index (χ0) is 12.3. The van der Waals surface area contributed by atoms with E-state index in [-0.39, 0.29) is 11.4 Å². The van der Waals surface area contributed by atoms with Crippen LogP contribution in [0.1, 0.15) is 36.2 Å². The minimum atomic E-state index is -0.228. The van der Waals surface area contributed by atoms with Gasteiger partial charge in [-0.25, -0.2) is 4.98 Å². The molecule has 0 bridgehead atoms. The smallest absolute Gasteiger partial charge is 0.271 e. The summed E-state index contributed by atoms with van der Waals surface area (Å²) in [7, 11) is 0. The van der Waals surface area contributed by atoms with Gasteiger partial charge in [0, 0.05) is 17.2 Å².